The lowest BCUT2D eigenvalue weighted by Gasteiger charge is -2.32. The molecule has 0 amide bonds. The summed E-state index contributed by atoms with van der Waals surface area (Å²) >= 11 is 0. The second-order valence-electron chi connectivity index (χ2n) is 6.03. The van der Waals surface area contributed by atoms with Crippen LogP contribution in [0.2, 0.25) is 0 Å². The van der Waals surface area contributed by atoms with Gasteiger partial charge in [0, 0.05) is 5.56 Å². The molecule has 1 aliphatic rings. The third kappa shape index (κ3) is 2.26. The molecule has 1 heterocycles. The molecule has 0 aromatic heterocycles. The van der Waals surface area contributed by atoms with Crippen molar-refractivity contribution in [2.24, 2.45) is 0 Å². The Hall–Kier alpha value is -1.64. The number of nitriles is 1. The Balaban J connectivity index is 2.51. The maximum absolute atomic E-state index is 11.9. The Morgan fingerprint density at radius 2 is 1.75 bits per heavy atom. The van der Waals surface area contributed by atoms with Crippen molar-refractivity contribution in [1.82, 2.24) is 0 Å². The number of carbonyl (C=O) groups excluding carboxylic acids is 1. The number of benzene rings is 1. The van der Waals surface area contributed by atoms with Crippen LogP contribution in [-0.2, 0) is 9.31 Å². The third-order valence-electron chi connectivity index (χ3n) is 4.08. The topological polar surface area (TPSA) is 59.3 Å². The van der Waals surface area contributed by atoms with Gasteiger partial charge in [-0.05, 0) is 46.1 Å². The minimum absolute atomic E-state index is 0.160. The van der Waals surface area contributed by atoms with Crippen LogP contribution in [0, 0.1) is 11.3 Å². The minimum atomic E-state index is -0.632. The Labute approximate surface area is 119 Å². The largest absolute Gasteiger partial charge is 0.495 e. The second kappa shape index (κ2) is 4.73. The van der Waals surface area contributed by atoms with E-state index in [1.165, 1.54) is 6.92 Å². The highest BCUT2D eigenvalue weighted by molar-refractivity contribution is 6.63. The molecule has 4 nitrogen and oxygen atoms in total. The second-order valence-corrected chi connectivity index (χ2v) is 6.03. The average molecular weight is 271 g/mol. The number of ketones is 1. The minimum Gasteiger partial charge on any atom is -0.399 e. The number of rotatable bonds is 2. The van der Waals surface area contributed by atoms with Gasteiger partial charge in [-0.15, -0.1) is 0 Å². The smallest absolute Gasteiger partial charge is 0.399 e. The van der Waals surface area contributed by atoms with Crippen LogP contribution in [0.3, 0.4) is 0 Å². The molecule has 0 spiro atoms. The van der Waals surface area contributed by atoms with Crippen molar-refractivity contribution in [3.8, 4) is 6.07 Å². The lowest BCUT2D eigenvalue weighted by molar-refractivity contribution is 0.00578. The van der Waals surface area contributed by atoms with Gasteiger partial charge in [0.2, 0.25) is 0 Å². The standard InChI is InChI=1S/C15H18BNO3/c1-10(18)13-11(9-17)7-6-8-12(13)16-19-14(2,3)15(4,5)20-16/h6-8H,1-5H3. The number of hydrogen-bond donors (Lipinski definition) is 0. The van der Waals surface area contributed by atoms with E-state index in [4.69, 9.17) is 14.6 Å². The Morgan fingerprint density at radius 3 is 2.20 bits per heavy atom. The van der Waals surface area contributed by atoms with Gasteiger partial charge in [-0.2, -0.15) is 5.26 Å². The molecule has 0 aliphatic carbocycles. The van der Waals surface area contributed by atoms with E-state index in [2.05, 4.69) is 6.07 Å². The van der Waals surface area contributed by atoms with Crippen molar-refractivity contribution in [2.75, 3.05) is 0 Å². The summed E-state index contributed by atoms with van der Waals surface area (Å²) in [5, 5.41) is 9.16. The average Bonchev–Trinajstić information content (AvgIpc) is 2.57. The summed E-state index contributed by atoms with van der Waals surface area (Å²) in [7, 11) is -0.632. The molecular weight excluding hydrogens is 253 g/mol. The molecule has 0 bridgehead atoms. The maximum Gasteiger partial charge on any atom is 0.495 e. The summed E-state index contributed by atoms with van der Waals surface area (Å²) in [5.41, 5.74) is 0.399. The van der Waals surface area contributed by atoms with Crippen molar-refractivity contribution < 1.29 is 14.1 Å². The molecule has 20 heavy (non-hydrogen) atoms. The molecule has 0 radical (unpaired) electrons. The number of Topliss-reactive ketones (excluding diaryl/α,β-unsaturated/α-hetero) is 1. The van der Waals surface area contributed by atoms with Crippen LogP contribution in [0.5, 0.6) is 0 Å². The summed E-state index contributed by atoms with van der Waals surface area (Å²) in [6.07, 6.45) is 0. The monoisotopic (exact) mass is 271 g/mol. The summed E-state index contributed by atoms with van der Waals surface area (Å²) in [5.74, 6) is -0.160. The van der Waals surface area contributed by atoms with E-state index >= 15 is 0 Å². The Bertz CT molecular complexity index is 586. The molecule has 1 saturated heterocycles. The molecule has 1 aliphatic heterocycles. The highest BCUT2D eigenvalue weighted by Crippen LogP contribution is 2.36. The lowest BCUT2D eigenvalue weighted by Crippen LogP contribution is -2.41. The molecule has 2 rings (SSSR count). The van der Waals surface area contributed by atoms with Crippen LogP contribution in [0.4, 0.5) is 0 Å². The predicted molar refractivity (Wildman–Crippen MR) is 76.9 cm³/mol. The van der Waals surface area contributed by atoms with Gasteiger partial charge in [0.15, 0.2) is 5.78 Å². The Kier molecular flexibility index (Phi) is 3.49. The van der Waals surface area contributed by atoms with Crippen LogP contribution in [0.1, 0.15) is 50.5 Å². The zero-order valence-corrected chi connectivity index (χ0v) is 12.5. The van der Waals surface area contributed by atoms with Gasteiger partial charge in [0.05, 0.1) is 22.8 Å². The molecule has 1 aromatic rings. The fourth-order valence-corrected chi connectivity index (χ4v) is 2.22. The van der Waals surface area contributed by atoms with E-state index in [9.17, 15) is 4.79 Å². The molecule has 0 N–H and O–H groups in total. The molecule has 1 fully saturated rings. The summed E-state index contributed by atoms with van der Waals surface area (Å²) in [6, 6.07) is 7.20. The summed E-state index contributed by atoms with van der Waals surface area (Å²) in [4.78, 5) is 11.9. The van der Waals surface area contributed by atoms with Crippen molar-refractivity contribution >= 4 is 18.4 Å². The van der Waals surface area contributed by atoms with Gasteiger partial charge in [0.1, 0.15) is 0 Å². The van der Waals surface area contributed by atoms with Crippen molar-refractivity contribution in [2.45, 2.75) is 45.8 Å². The van der Waals surface area contributed by atoms with Crippen LogP contribution in [-0.4, -0.2) is 24.1 Å². The predicted octanol–water partition coefficient (Wildman–Crippen LogP) is 2.06. The van der Waals surface area contributed by atoms with Gasteiger partial charge in [0.25, 0.3) is 0 Å². The first-order valence-electron chi connectivity index (χ1n) is 6.59. The van der Waals surface area contributed by atoms with Crippen LogP contribution in [0.25, 0.3) is 0 Å². The van der Waals surface area contributed by atoms with E-state index in [0.717, 1.165) is 0 Å². The molecule has 0 saturated carbocycles. The molecule has 1 aromatic carbocycles. The zero-order chi connectivity index (χ0) is 15.1. The van der Waals surface area contributed by atoms with Crippen molar-refractivity contribution in [1.29, 1.82) is 5.26 Å². The van der Waals surface area contributed by atoms with E-state index in [1.807, 2.05) is 27.7 Å². The maximum atomic E-state index is 11.9. The van der Waals surface area contributed by atoms with E-state index < -0.39 is 18.3 Å². The first-order valence-corrected chi connectivity index (χ1v) is 6.59. The highest BCUT2D eigenvalue weighted by Gasteiger charge is 2.52. The quantitative estimate of drug-likeness (QED) is 0.610. The fraction of sp³-hybridized carbons (Fsp3) is 0.467. The molecule has 0 unspecified atom stereocenters. The Morgan fingerprint density at radius 1 is 1.20 bits per heavy atom. The first kappa shape index (κ1) is 14.8. The van der Waals surface area contributed by atoms with Crippen molar-refractivity contribution in [3.05, 3.63) is 29.3 Å². The van der Waals surface area contributed by atoms with Gasteiger partial charge in [-0.25, -0.2) is 0 Å². The van der Waals surface area contributed by atoms with E-state index in [1.54, 1.807) is 18.2 Å². The number of hydrogen-bond acceptors (Lipinski definition) is 4. The molecule has 0 atom stereocenters. The highest BCUT2D eigenvalue weighted by atomic mass is 16.7. The van der Waals surface area contributed by atoms with Crippen LogP contribution in [0.15, 0.2) is 18.2 Å². The van der Waals surface area contributed by atoms with Gasteiger partial charge in [-0.3, -0.25) is 4.79 Å². The van der Waals surface area contributed by atoms with Gasteiger partial charge < -0.3 is 9.31 Å². The lowest BCUT2D eigenvalue weighted by atomic mass is 9.74. The van der Waals surface area contributed by atoms with Crippen LogP contribution >= 0.6 is 0 Å². The van der Waals surface area contributed by atoms with E-state index in [0.29, 0.717) is 16.6 Å². The van der Waals surface area contributed by atoms with Crippen LogP contribution < -0.4 is 5.46 Å². The number of carbonyl (C=O) groups is 1. The SMILES string of the molecule is CC(=O)c1c(C#N)cccc1B1OC(C)(C)C(C)(C)O1. The van der Waals surface area contributed by atoms with Gasteiger partial charge >= 0.3 is 7.12 Å². The molecule has 5 heteroatoms. The molecule has 104 valence electrons. The summed E-state index contributed by atoms with van der Waals surface area (Å²) in [6.45, 7) is 9.26. The third-order valence-corrected chi connectivity index (χ3v) is 4.08. The van der Waals surface area contributed by atoms with Gasteiger partial charge in [-0.1, -0.05) is 12.1 Å². The summed E-state index contributed by atoms with van der Waals surface area (Å²) < 4.78 is 11.9. The normalized spacial score (nSPS) is 19.7. The zero-order valence-electron chi connectivity index (χ0n) is 12.5. The fourth-order valence-electron chi connectivity index (χ4n) is 2.22. The van der Waals surface area contributed by atoms with Crippen molar-refractivity contribution in [3.63, 3.8) is 0 Å². The molecular formula is C15H18BNO3. The first-order chi connectivity index (χ1) is 9.19. The van der Waals surface area contributed by atoms with E-state index in [-0.39, 0.29) is 5.78 Å². The number of nitrogens with zero attached hydrogens (tertiary/aromatic N) is 1.